The topological polar surface area (TPSA) is 56.7 Å². The molecule has 4 aromatic heterocycles. The Hall–Kier alpha value is -6.72. The van der Waals surface area contributed by atoms with Gasteiger partial charge in [0.15, 0.2) is 0 Å². The molecule has 0 bridgehead atoms. The van der Waals surface area contributed by atoms with Crippen LogP contribution in [0.5, 0.6) is 0 Å². The van der Waals surface area contributed by atoms with E-state index in [2.05, 4.69) is 136 Å². The van der Waals surface area contributed by atoms with Crippen LogP contribution in [0, 0.1) is 12.3 Å². The summed E-state index contributed by atoms with van der Waals surface area (Å²) in [5.41, 5.74) is 13.3. The molecule has 0 aliphatic carbocycles. The van der Waals surface area contributed by atoms with Crippen molar-refractivity contribution in [2.75, 3.05) is 0 Å². The van der Waals surface area contributed by atoms with Crippen LogP contribution < -0.4 is 0 Å². The van der Waals surface area contributed by atoms with E-state index in [1.807, 2.05) is 79.1 Å². The summed E-state index contributed by atoms with van der Waals surface area (Å²) in [5.74, 6) is 0.780. The molecule has 6 aromatic carbocycles. The maximum absolute atomic E-state index is 6.02. The predicted octanol–water partition coefficient (Wildman–Crippen LogP) is 12.2. The molecular formula is C49H32IrN4O-2. The summed E-state index contributed by atoms with van der Waals surface area (Å²) < 4.78 is 8.30. The van der Waals surface area contributed by atoms with E-state index in [0.29, 0.717) is 0 Å². The Morgan fingerprint density at radius 1 is 0.545 bits per heavy atom. The van der Waals surface area contributed by atoms with Gasteiger partial charge >= 0.3 is 0 Å². The minimum absolute atomic E-state index is 0. The zero-order valence-electron chi connectivity index (χ0n) is 29.5. The van der Waals surface area contributed by atoms with Crippen molar-refractivity contribution in [1.29, 1.82) is 0 Å². The molecule has 6 heteroatoms. The van der Waals surface area contributed by atoms with Crippen molar-refractivity contribution in [1.82, 2.24) is 19.5 Å². The molecule has 10 aromatic rings. The van der Waals surface area contributed by atoms with Crippen LogP contribution in [0.4, 0.5) is 0 Å². The molecule has 265 valence electrons. The molecule has 10 rings (SSSR count). The summed E-state index contributed by atoms with van der Waals surface area (Å²) in [5, 5.41) is 0.958. The van der Waals surface area contributed by atoms with Gasteiger partial charge in [0.2, 0.25) is 0 Å². The average Bonchev–Trinajstić information content (AvgIpc) is 3.86. The first kappa shape index (κ1) is 35.3. The molecule has 0 saturated carbocycles. The number of rotatable bonds is 6. The van der Waals surface area contributed by atoms with Crippen LogP contribution in [-0.2, 0) is 20.1 Å². The van der Waals surface area contributed by atoms with Crippen molar-refractivity contribution in [3.8, 4) is 61.7 Å². The van der Waals surface area contributed by atoms with Crippen LogP contribution in [0.15, 0.2) is 199 Å². The summed E-state index contributed by atoms with van der Waals surface area (Å²) in [4.78, 5) is 13.6. The Bertz CT molecular complexity index is 2710. The third-order valence-electron chi connectivity index (χ3n) is 9.39. The zero-order valence-corrected chi connectivity index (χ0v) is 31.9. The van der Waals surface area contributed by atoms with Crippen molar-refractivity contribution in [2.45, 2.75) is 0 Å². The second-order valence-corrected chi connectivity index (χ2v) is 12.7. The molecule has 5 nitrogen and oxygen atoms in total. The van der Waals surface area contributed by atoms with Gasteiger partial charge in [-0.05, 0) is 58.3 Å². The van der Waals surface area contributed by atoms with Gasteiger partial charge in [0.25, 0.3) is 0 Å². The van der Waals surface area contributed by atoms with Gasteiger partial charge in [-0.1, -0.05) is 132 Å². The molecule has 0 aliphatic heterocycles. The Morgan fingerprint density at radius 3 is 1.93 bits per heavy atom. The first-order chi connectivity index (χ1) is 26.8. The van der Waals surface area contributed by atoms with E-state index in [1.54, 1.807) is 6.20 Å². The third kappa shape index (κ3) is 7.17. The summed E-state index contributed by atoms with van der Waals surface area (Å²) in [6.45, 7) is 0. The number of fused-ring (bicyclic) bond motifs is 2. The number of imidazole rings is 1. The fraction of sp³-hybridized carbons (Fsp3) is 0. The Morgan fingerprint density at radius 2 is 1.24 bits per heavy atom. The molecule has 0 saturated heterocycles. The number of hydrogen-bond acceptors (Lipinski definition) is 4. The molecule has 1 radical (unpaired) electrons. The van der Waals surface area contributed by atoms with Crippen LogP contribution in [-0.4, -0.2) is 19.5 Å². The minimum atomic E-state index is 0. The number of furan rings is 1. The second-order valence-electron chi connectivity index (χ2n) is 12.7. The number of nitrogens with zero attached hydrogens (tertiary/aromatic N) is 4. The molecule has 0 N–H and O–H groups in total. The van der Waals surface area contributed by atoms with Crippen molar-refractivity contribution in [3.63, 3.8) is 0 Å². The SMILES string of the molecule is [Ir].[c-]1ccccc1-c1ccccn1.[c-]1oc2ccc(-c3ccncc3)cc2c1-c1nc2ccccc2n1-c1c(-c2ccccc2)cccc1-c1ccccc1. The largest absolute Gasteiger partial charge is 0.557 e. The van der Waals surface area contributed by atoms with E-state index >= 15 is 0 Å². The monoisotopic (exact) mass is 885 g/mol. The van der Waals surface area contributed by atoms with Gasteiger partial charge < -0.3 is 14.0 Å². The van der Waals surface area contributed by atoms with E-state index in [0.717, 1.165) is 83.7 Å². The number of aromatic nitrogens is 4. The van der Waals surface area contributed by atoms with Gasteiger partial charge in [0.1, 0.15) is 0 Å². The average molecular weight is 885 g/mol. The van der Waals surface area contributed by atoms with Crippen LogP contribution in [0.2, 0.25) is 0 Å². The van der Waals surface area contributed by atoms with Crippen molar-refractivity contribution in [2.24, 2.45) is 0 Å². The first-order valence-corrected chi connectivity index (χ1v) is 17.8. The summed E-state index contributed by atoms with van der Waals surface area (Å²) in [7, 11) is 0. The normalized spacial score (nSPS) is 10.8. The number of benzene rings is 6. The van der Waals surface area contributed by atoms with Crippen molar-refractivity contribution >= 4 is 22.0 Å². The van der Waals surface area contributed by atoms with Crippen LogP contribution >= 0.6 is 0 Å². The zero-order chi connectivity index (χ0) is 36.1. The maximum Gasteiger partial charge on any atom is 0.0774 e. The fourth-order valence-electron chi connectivity index (χ4n) is 6.85. The number of hydrogen-bond donors (Lipinski definition) is 0. The van der Waals surface area contributed by atoms with E-state index in [4.69, 9.17) is 9.40 Å². The minimum Gasteiger partial charge on any atom is -0.557 e. The molecule has 0 unspecified atom stereocenters. The summed E-state index contributed by atoms with van der Waals surface area (Å²) in [6.07, 6.45) is 8.64. The van der Waals surface area contributed by atoms with Crippen molar-refractivity contribution in [3.05, 3.63) is 207 Å². The fourth-order valence-corrected chi connectivity index (χ4v) is 6.85. The number of pyridine rings is 2. The van der Waals surface area contributed by atoms with Gasteiger partial charge in [-0.3, -0.25) is 9.97 Å². The number of para-hydroxylation sites is 3. The Labute approximate surface area is 333 Å². The Kier molecular flexibility index (Phi) is 10.3. The molecule has 0 aliphatic rings. The summed E-state index contributed by atoms with van der Waals surface area (Å²) >= 11 is 0. The standard InChI is InChI=1S/C38H24N3O.C11H8N.Ir/c1-3-10-27(11-4-1)30-14-9-15-31(28-12-5-2-6-13-28)37(30)41-35-17-8-7-16-34(35)40-38(41)33-25-42-36-19-18-29(24-32(33)36)26-20-22-39-23-21-26;1-2-6-10(7-3-1)11-8-4-5-9-12-11;/h1-24H;1-6,8-9H;/q2*-1;. The van der Waals surface area contributed by atoms with Gasteiger partial charge in [-0.25, -0.2) is 0 Å². The van der Waals surface area contributed by atoms with Gasteiger partial charge in [0.05, 0.1) is 22.5 Å². The molecule has 0 atom stereocenters. The maximum atomic E-state index is 6.02. The van der Waals surface area contributed by atoms with E-state index in [-0.39, 0.29) is 20.1 Å². The van der Waals surface area contributed by atoms with E-state index < -0.39 is 0 Å². The molecule has 55 heavy (non-hydrogen) atoms. The van der Waals surface area contributed by atoms with Gasteiger partial charge in [0, 0.05) is 61.7 Å². The third-order valence-corrected chi connectivity index (χ3v) is 9.39. The first-order valence-electron chi connectivity index (χ1n) is 17.8. The molecule has 0 fully saturated rings. The quantitative estimate of drug-likeness (QED) is 0.156. The van der Waals surface area contributed by atoms with Crippen LogP contribution in [0.1, 0.15) is 0 Å². The second kappa shape index (κ2) is 16.1. The Balaban J connectivity index is 0.000000280. The summed E-state index contributed by atoms with van der Waals surface area (Å²) in [6, 6.07) is 63.0. The smallest absolute Gasteiger partial charge is 0.0774 e. The van der Waals surface area contributed by atoms with Crippen LogP contribution in [0.3, 0.4) is 0 Å². The molecule has 0 spiro atoms. The van der Waals surface area contributed by atoms with E-state index in [1.165, 1.54) is 0 Å². The predicted molar refractivity (Wildman–Crippen MR) is 218 cm³/mol. The molecular weight excluding hydrogens is 853 g/mol. The van der Waals surface area contributed by atoms with Gasteiger partial charge in [-0.15, -0.1) is 35.9 Å². The van der Waals surface area contributed by atoms with Gasteiger partial charge in [-0.2, -0.15) is 0 Å². The molecule has 0 amide bonds. The molecule has 4 heterocycles. The van der Waals surface area contributed by atoms with Crippen LogP contribution in [0.25, 0.3) is 83.7 Å². The van der Waals surface area contributed by atoms with Crippen molar-refractivity contribution < 1.29 is 24.5 Å². The van der Waals surface area contributed by atoms with E-state index in [9.17, 15) is 0 Å².